The van der Waals surface area contributed by atoms with Crippen LogP contribution in [-0.4, -0.2) is 32.5 Å². The fourth-order valence-electron chi connectivity index (χ4n) is 2.31. The SMILES string of the molecule is Clc1ccc(C=Nc2ccc(N3CCOCC3)cc2)cc1Cl. The molecule has 0 aliphatic carbocycles. The van der Waals surface area contributed by atoms with Gasteiger partial charge in [0, 0.05) is 25.0 Å². The van der Waals surface area contributed by atoms with Crippen LogP contribution in [-0.2, 0) is 4.74 Å². The van der Waals surface area contributed by atoms with Crippen LogP contribution in [0.4, 0.5) is 11.4 Å². The maximum Gasteiger partial charge on any atom is 0.0642 e. The lowest BCUT2D eigenvalue weighted by molar-refractivity contribution is 0.122. The zero-order valence-corrected chi connectivity index (χ0v) is 13.5. The summed E-state index contributed by atoms with van der Waals surface area (Å²) in [6.45, 7) is 3.45. The molecular weight excluding hydrogens is 319 g/mol. The molecule has 2 aromatic carbocycles. The Hall–Kier alpha value is -1.55. The highest BCUT2D eigenvalue weighted by Gasteiger charge is 2.10. The highest BCUT2D eigenvalue weighted by atomic mass is 35.5. The number of hydrogen-bond acceptors (Lipinski definition) is 3. The lowest BCUT2D eigenvalue weighted by atomic mass is 10.2. The lowest BCUT2D eigenvalue weighted by Crippen LogP contribution is -2.36. The van der Waals surface area contributed by atoms with Crippen molar-refractivity contribution in [1.29, 1.82) is 0 Å². The van der Waals surface area contributed by atoms with Gasteiger partial charge in [0.1, 0.15) is 0 Å². The molecule has 114 valence electrons. The predicted octanol–water partition coefficient (Wildman–Crippen LogP) is 4.58. The molecule has 0 N–H and O–H groups in total. The van der Waals surface area contributed by atoms with Crippen molar-refractivity contribution in [3.8, 4) is 0 Å². The topological polar surface area (TPSA) is 24.8 Å². The molecule has 1 aliphatic heterocycles. The number of hydrogen-bond donors (Lipinski definition) is 0. The van der Waals surface area contributed by atoms with Crippen molar-refractivity contribution in [2.75, 3.05) is 31.2 Å². The second kappa shape index (κ2) is 7.14. The molecule has 0 saturated carbocycles. The summed E-state index contributed by atoms with van der Waals surface area (Å²) in [4.78, 5) is 6.78. The van der Waals surface area contributed by atoms with Crippen LogP contribution in [0.25, 0.3) is 0 Å². The van der Waals surface area contributed by atoms with Crippen molar-refractivity contribution >= 4 is 40.8 Å². The highest BCUT2D eigenvalue weighted by molar-refractivity contribution is 6.42. The average molecular weight is 335 g/mol. The number of nitrogens with zero attached hydrogens (tertiary/aromatic N) is 2. The maximum absolute atomic E-state index is 5.99. The monoisotopic (exact) mass is 334 g/mol. The van der Waals surface area contributed by atoms with Gasteiger partial charge in [-0.05, 0) is 42.0 Å². The first-order valence-electron chi connectivity index (χ1n) is 7.14. The van der Waals surface area contributed by atoms with Gasteiger partial charge in [-0.3, -0.25) is 4.99 Å². The first-order chi connectivity index (χ1) is 10.7. The largest absolute Gasteiger partial charge is 0.378 e. The molecular formula is C17H16Cl2N2O. The standard InChI is InChI=1S/C17H16Cl2N2O/c18-16-6-1-13(11-17(16)19)12-20-14-2-4-15(5-3-14)21-7-9-22-10-8-21/h1-6,11-12H,7-10H2. The molecule has 0 bridgehead atoms. The quantitative estimate of drug-likeness (QED) is 0.767. The van der Waals surface area contributed by atoms with Crippen LogP contribution in [0.3, 0.4) is 0 Å². The molecule has 0 aromatic heterocycles. The molecule has 0 radical (unpaired) electrons. The van der Waals surface area contributed by atoms with E-state index in [9.17, 15) is 0 Å². The second-order valence-electron chi connectivity index (χ2n) is 5.05. The van der Waals surface area contributed by atoms with Gasteiger partial charge in [0.15, 0.2) is 0 Å². The van der Waals surface area contributed by atoms with Crippen LogP contribution in [0, 0.1) is 0 Å². The molecule has 0 amide bonds. The molecule has 1 fully saturated rings. The number of morpholine rings is 1. The second-order valence-corrected chi connectivity index (χ2v) is 5.86. The molecule has 1 saturated heterocycles. The summed E-state index contributed by atoms with van der Waals surface area (Å²) in [5.74, 6) is 0. The van der Waals surface area contributed by atoms with Crippen LogP contribution in [0.2, 0.25) is 10.0 Å². The Labute approximate surface area is 140 Å². The van der Waals surface area contributed by atoms with Gasteiger partial charge in [-0.15, -0.1) is 0 Å². The molecule has 2 aromatic rings. The molecule has 0 spiro atoms. The Morgan fingerprint density at radius 3 is 2.36 bits per heavy atom. The van der Waals surface area contributed by atoms with Crippen LogP contribution in [0.5, 0.6) is 0 Å². The summed E-state index contributed by atoms with van der Waals surface area (Å²) in [5.41, 5.74) is 3.03. The van der Waals surface area contributed by atoms with E-state index in [-0.39, 0.29) is 0 Å². The number of halogens is 2. The average Bonchev–Trinajstić information content (AvgIpc) is 2.57. The van der Waals surface area contributed by atoms with Gasteiger partial charge < -0.3 is 9.64 Å². The molecule has 22 heavy (non-hydrogen) atoms. The van der Waals surface area contributed by atoms with Gasteiger partial charge >= 0.3 is 0 Å². The van der Waals surface area contributed by atoms with E-state index in [0.717, 1.165) is 37.6 Å². The lowest BCUT2D eigenvalue weighted by Gasteiger charge is -2.28. The van der Waals surface area contributed by atoms with E-state index in [1.165, 1.54) is 5.69 Å². The van der Waals surface area contributed by atoms with Gasteiger partial charge in [0.25, 0.3) is 0 Å². The summed E-state index contributed by atoms with van der Waals surface area (Å²) >= 11 is 11.9. The smallest absolute Gasteiger partial charge is 0.0642 e. The van der Waals surface area contributed by atoms with E-state index >= 15 is 0 Å². The van der Waals surface area contributed by atoms with Crippen LogP contribution in [0.15, 0.2) is 47.5 Å². The van der Waals surface area contributed by atoms with E-state index in [1.807, 2.05) is 18.2 Å². The Morgan fingerprint density at radius 1 is 0.955 bits per heavy atom. The fraction of sp³-hybridized carbons (Fsp3) is 0.235. The Morgan fingerprint density at radius 2 is 1.68 bits per heavy atom. The van der Waals surface area contributed by atoms with Crippen molar-refractivity contribution in [2.24, 2.45) is 4.99 Å². The molecule has 0 atom stereocenters. The number of aliphatic imine (C=N–C) groups is 1. The Bertz CT molecular complexity index is 665. The van der Waals surface area contributed by atoms with Gasteiger partial charge in [-0.1, -0.05) is 29.3 Å². The minimum absolute atomic E-state index is 0.535. The molecule has 5 heteroatoms. The summed E-state index contributed by atoms with van der Waals surface area (Å²) < 4.78 is 5.37. The molecule has 0 unspecified atom stereocenters. The maximum atomic E-state index is 5.99. The Kier molecular flexibility index (Phi) is 4.98. The summed E-state index contributed by atoms with van der Waals surface area (Å²) in [5, 5.41) is 1.09. The van der Waals surface area contributed by atoms with Gasteiger partial charge in [-0.25, -0.2) is 0 Å². The number of benzene rings is 2. The number of ether oxygens (including phenoxy) is 1. The minimum Gasteiger partial charge on any atom is -0.378 e. The van der Waals surface area contributed by atoms with E-state index in [1.54, 1.807) is 18.3 Å². The van der Waals surface area contributed by atoms with Gasteiger partial charge in [-0.2, -0.15) is 0 Å². The summed E-state index contributed by atoms with van der Waals surface area (Å²) in [7, 11) is 0. The zero-order chi connectivity index (χ0) is 15.4. The van der Waals surface area contributed by atoms with Gasteiger partial charge in [0.2, 0.25) is 0 Å². The Balaban J connectivity index is 1.69. The number of anilines is 1. The normalized spacial score (nSPS) is 15.5. The predicted molar refractivity (Wildman–Crippen MR) is 93.2 cm³/mol. The molecule has 3 nitrogen and oxygen atoms in total. The third-order valence-electron chi connectivity index (χ3n) is 3.53. The van der Waals surface area contributed by atoms with E-state index in [2.05, 4.69) is 22.0 Å². The first kappa shape index (κ1) is 15.3. The van der Waals surface area contributed by atoms with E-state index in [4.69, 9.17) is 27.9 Å². The number of rotatable bonds is 3. The zero-order valence-electron chi connectivity index (χ0n) is 12.0. The summed E-state index contributed by atoms with van der Waals surface area (Å²) in [6.07, 6.45) is 1.78. The van der Waals surface area contributed by atoms with Crippen molar-refractivity contribution < 1.29 is 4.74 Å². The van der Waals surface area contributed by atoms with Crippen LogP contribution in [0.1, 0.15) is 5.56 Å². The van der Waals surface area contributed by atoms with Crippen molar-refractivity contribution in [2.45, 2.75) is 0 Å². The van der Waals surface area contributed by atoms with Crippen molar-refractivity contribution in [3.05, 3.63) is 58.1 Å². The third-order valence-corrected chi connectivity index (χ3v) is 4.27. The first-order valence-corrected chi connectivity index (χ1v) is 7.90. The molecule has 3 rings (SSSR count). The van der Waals surface area contributed by atoms with Gasteiger partial charge in [0.05, 0.1) is 28.9 Å². The third kappa shape index (κ3) is 3.80. The molecule has 1 aliphatic rings. The highest BCUT2D eigenvalue weighted by Crippen LogP contribution is 2.23. The molecule has 1 heterocycles. The van der Waals surface area contributed by atoms with E-state index < -0.39 is 0 Å². The fourth-order valence-corrected chi connectivity index (χ4v) is 2.62. The van der Waals surface area contributed by atoms with Crippen LogP contribution >= 0.6 is 23.2 Å². The minimum atomic E-state index is 0.535. The van der Waals surface area contributed by atoms with E-state index in [0.29, 0.717) is 10.0 Å². The van der Waals surface area contributed by atoms with Crippen molar-refractivity contribution in [3.63, 3.8) is 0 Å². The van der Waals surface area contributed by atoms with Crippen LogP contribution < -0.4 is 4.90 Å². The summed E-state index contributed by atoms with van der Waals surface area (Å²) in [6, 6.07) is 13.7. The van der Waals surface area contributed by atoms with Crippen molar-refractivity contribution in [1.82, 2.24) is 0 Å².